The number of likely N-dealkylation sites (N-methyl/N-ethyl adjacent to an activating group) is 1. The maximum atomic E-state index is 13.1. The minimum absolute atomic E-state index is 0.210. The first-order valence-corrected chi connectivity index (χ1v) is 11.3. The summed E-state index contributed by atoms with van der Waals surface area (Å²) >= 11 is 1.70. The lowest BCUT2D eigenvalue weighted by Crippen LogP contribution is -2.46. The zero-order valence-corrected chi connectivity index (χ0v) is 19.1. The highest BCUT2D eigenvalue weighted by atomic mass is 32.2. The fraction of sp³-hybridized carbons (Fsp3) is 0.208. The van der Waals surface area contributed by atoms with Crippen LogP contribution in [0.25, 0.3) is 10.9 Å². The number of nitrogens with zero attached hydrogens (tertiary/aromatic N) is 3. The summed E-state index contributed by atoms with van der Waals surface area (Å²) in [6.07, 6.45) is 3.30. The Kier molecular flexibility index (Phi) is 6.16. The normalized spacial score (nSPS) is 16.6. The molecule has 3 aromatic rings. The van der Waals surface area contributed by atoms with Gasteiger partial charge in [0.2, 0.25) is 0 Å². The van der Waals surface area contributed by atoms with Crippen LogP contribution in [0.3, 0.4) is 0 Å². The monoisotopic (exact) mass is 448 g/mol. The van der Waals surface area contributed by atoms with Crippen LogP contribution in [0.4, 0.5) is 5.69 Å². The van der Waals surface area contributed by atoms with Gasteiger partial charge in [-0.1, -0.05) is 36.9 Å². The molecule has 0 aliphatic carbocycles. The molecule has 0 saturated heterocycles. The second kappa shape index (κ2) is 9.02. The second-order valence-electron chi connectivity index (χ2n) is 7.86. The summed E-state index contributed by atoms with van der Waals surface area (Å²) in [6.45, 7) is 4.64. The molecular formula is C24H28N6OS. The van der Waals surface area contributed by atoms with Crippen molar-refractivity contribution in [2.45, 2.75) is 17.5 Å². The summed E-state index contributed by atoms with van der Waals surface area (Å²) in [7, 11) is 4.02. The smallest absolute Gasteiger partial charge is 0.271 e. The third-order valence-electron chi connectivity index (χ3n) is 5.77. The van der Waals surface area contributed by atoms with Crippen molar-refractivity contribution in [3.8, 4) is 0 Å². The Morgan fingerprint density at radius 1 is 1.28 bits per heavy atom. The maximum absolute atomic E-state index is 13.1. The van der Waals surface area contributed by atoms with Crippen molar-refractivity contribution in [2.75, 3.05) is 17.7 Å². The first-order chi connectivity index (χ1) is 15.4. The number of nitrogens with one attached hydrogen (secondary N) is 1. The molecule has 0 saturated carbocycles. The Morgan fingerprint density at radius 3 is 2.75 bits per heavy atom. The quantitative estimate of drug-likeness (QED) is 0.316. The molecule has 4 rings (SSSR count). The lowest BCUT2D eigenvalue weighted by atomic mass is 10.1. The Morgan fingerprint density at radius 2 is 2.03 bits per heavy atom. The number of fused-ring (bicyclic) bond motifs is 2. The standard InChI is InChI=1S/C24H28N6OS/c1-16-19(27-24(31)22(13-25)30(26)14-17-7-5-4-6-8-17)15-32-23-12-20-18(9-10-28(20)2)11-21(23)29(16)3/h4-13,19H,1,14-15,25-26H2,2-3H3,(H,27,31)/b22-13-/t19-/m0/s1. The summed E-state index contributed by atoms with van der Waals surface area (Å²) in [5, 5.41) is 5.59. The first-order valence-electron chi connectivity index (χ1n) is 10.3. The number of aromatic nitrogens is 1. The second-order valence-corrected chi connectivity index (χ2v) is 8.92. The van der Waals surface area contributed by atoms with Crippen molar-refractivity contribution in [3.05, 3.63) is 84.5 Å². The highest BCUT2D eigenvalue weighted by Crippen LogP contribution is 2.39. The largest absolute Gasteiger partial charge is 0.403 e. The number of rotatable bonds is 5. The van der Waals surface area contributed by atoms with Crippen molar-refractivity contribution in [1.29, 1.82) is 0 Å². The third-order valence-corrected chi connectivity index (χ3v) is 6.90. The van der Waals surface area contributed by atoms with E-state index in [1.54, 1.807) is 11.8 Å². The van der Waals surface area contributed by atoms with Crippen LogP contribution in [0.2, 0.25) is 0 Å². The summed E-state index contributed by atoms with van der Waals surface area (Å²) in [5.74, 6) is 6.49. The number of thioether (sulfide) groups is 1. The van der Waals surface area contributed by atoms with E-state index in [-0.39, 0.29) is 17.6 Å². The van der Waals surface area contributed by atoms with Gasteiger partial charge in [-0.05, 0) is 23.8 Å². The van der Waals surface area contributed by atoms with E-state index < -0.39 is 0 Å². The Hall–Kier alpha value is -3.36. The summed E-state index contributed by atoms with van der Waals surface area (Å²) < 4.78 is 2.11. The van der Waals surface area contributed by atoms with E-state index >= 15 is 0 Å². The molecule has 2 aromatic carbocycles. The van der Waals surface area contributed by atoms with E-state index in [1.807, 2.05) is 49.3 Å². The van der Waals surface area contributed by atoms with E-state index in [2.05, 4.69) is 40.9 Å². The molecule has 166 valence electrons. The lowest BCUT2D eigenvalue weighted by Gasteiger charge is -2.28. The van der Waals surface area contributed by atoms with Gasteiger partial charge in [0, 0.05) is 53.7 Å². The fourth-order valence-corrected chi connectivity index (χ4v) is 5.01. The van der Waals surface area contributed by atoms with Crippen LogP contribution in [-0.4, -0.2) is 34.3 Å². The molecule has 0 bridgehead atoms. The molecule has 5 N–H and O–H groups in total. The van der Waals surface area contributed by atoms with Crippen LogP contribution in [0, 0.1) is 0 Å². The number of nitrogens with two attached hydrogens (primary N) is 2. The number of hydrazine groups is 1. The van der Waals surface area contributed by atoms with Gasteiger partial charge in [-0.25, -0.2) is 5.84 Å². The molecule has 1 aromatic heterocycles. The lowest BCUT2D eigenvalue weighted by molar-refractivity contribution is -0.119. The van der Waals surface area contributed by atoms with Crippen molar-refractivity contribution in [1.82, 2.24) is 14.9 Å². The van der Waals surface area contributed by atoms with Crippen molar-refractivity contribution >= 4 is 34.3 Å². The summed E-state index contributed by atoms with van der Waals surface area (Å²) in [6, 6.07) is 15.9. The number of carbonyl (C=O) groups excluding carboxylic acids is 1. The molecule has 8 heteroatoms. The molecule has 1 amide bonds. The Labute approximate surface area is 192 Å². The summed E-state index contributed by atoms with van der Waals surface area (Å²) in [4.78, 5) is 16.2. The van der Waals surface area contributed by atoms with E-state index in [1.165, 1.54) is 22.1 Å². The van der Waals surface area contributed by atoms with E-state index in [0.29, 0.717) is 12.3 Å². The molecule has 1 aliphatic heterocycles. The van der Waals surface area contributed by atoms with Gasteiger partial charge >= 0.3 is 0 Å². The average molecular weight is 449 g/mol. The van der Waals surface area contributed by atoms with Gasteiger partial charge < -0.3 is 25.5 Å². The van der Waals surface area contributed by atoms with Gasteiger partial charge in [0.05, 0.1) is 18.3 Å². The highest BCUT2D eigenvalue weighted by molar-refractivity contribution is 7.99. The number of hydrogen-bond acceptors (Lipinski definition) is 6. The SMILES string of the molecule is C=C1[C@@H](NC(=O)/C(=C/N)N(N)Cc2ccccc2)CSc2cc3c(ccn3C)cc2N1C. The Balaban J connectivity index is 1.50. The van der Waals surface area contributed by atoms with E-state index in [9.17, 15) is 4.79 Å². The minimum atomic E-state index is -0.331. The molecule has 0 fully saturated rings. The van der Waals surface area contributed by atoms with E-state index in [0.717, 1.165) is 21.8 Å². The van der Waals surface area contributed by atoms with Gasteiger partial charge in [0.1, 0.15) is 5.70 Å². The number of anilines is 1. The van der Waals surface area contributed by atoms with Crippen molar-refractivity contribution in [3.63, 3.8) is 0 Å². The van der Waals surface area contributed by atoms with Crippen molar-refractivity contribution < 1.29 is 4.79 Å². The first kappa shape index (κ1) is 21.9. The number of benzene rings is 2. The van der Waals surface area contributed by atoms with Gasteiger partial charge in [-0.3, -0.25) is 4.79 Å². The summed E-state index contributed by atoms with van der Waals surface area (Å²) in [5.41, 5.74) is 10.0. The van der Waals surface area contributed by atoms with Crippen LogP contribution in [0.5, 0.6) is 0 Å². The maximum Gasteiger partial charge on any atom is 0.271 e. The van der Waals surface area contributed by atoms with Crippen LogP contribution < -0.4 is 21.8 Å². The molecule has 0 unspecified atom stereocenters. The molecule has 0 spiro atoms. The molecule has 2 heterocycles. The zero-order valence-electron chi connectivity index (χ0n) is 18.3. The predicted molar refractivity (Wildman–Crippen MR) is 132 cm³/mol. The number of hydrogen-bond donors (Lipinski definition) is 3. The van der Waals surface area contributed by atoms with Gasteiger partial charge in [-0.2, -0.15) is 0 Å². The number of amides is 1. The molecule has 7 nitrogen and oxygen atoms in total. The predicted octanol–water partition coefficient (Wildman–Crippen LogP) is 2.89. The van der Waals surface area contributed by atoms with Gasteiger partial charge in [0.15, 0.2) is 0 Å². The molecule has 1 aliphatic rings. The van der Waals surface area contributed by atoms with Gasteiger partial charge in [0.25, 0.3) is 5.91 Å². The van der Waals surface area contributed by atoms with Crippen LogP contribution in [0.15, 0.2) is 83.8 Å². The van der Waals surface area contributed by atoms with Gasteiger partial charge in [-0.15, -0.1) is 11.8 Å². The molecule has 32 heavy (non-hydrogen) atoms. The molecular weight excluding hydrogens is 420 g/mol. The number of aryl methyl sites for hydroxylation is 1. The van der Waals surface area contributed by atoms with E-state index in [4.69, 9.17) is 11.6 Å². The Bertz CT molecular complexity index is 1190. The molecule has 1 atom stereocenters. The van der Waals surface area contributed by atoms with Crippen LogP contribution in [0.1, 0.15) is 5.56 Å². The third kappa shape index (κ3) is 4.19. The average Bonchev–Trinajstić information content (AvgIpc) is 3.10. The zero-order chi connectivity index (χ0) is 22.8. The number of carbonyl (C=O) groups is 1. The highest BCUT2D eigenvalue weighted by Gasteiger charge is 2.27. The van der Waals surface area contributed by atoms with Crippen LogP contribution >= 0.6 is 11.8 Å². The fourth-order valence-electron chi connectivity index (χ4n) is 3.84. The molecule has 0 radical (unpaired) electrons. The topological polar surface area (TPSA) is 92.5 Å². The van der Waals surface area contributed by atoms with Crippen LogP contribution in [-0.2, 0) is 18.4 Å². The van der Waals surface area contributed by atoms with Crippen molar-refractivity contribution in [2.24, 2.45) is 18.6 Å². The minimum Gasteiger partial charge on any atom is -0.403 e.